The van der Waals surface area contributed by atoms with Gasteiger partial charge in [0, 0.05) is 44.0 Å². The third kappa shape index (κ3) is 3.71. The molecule has 23 heavy (non-hydrogen) atoms. The van der Waals surface area contributed by atoms with Gasteiger partial charge in [0.15, 0.2) is 0 Å². The monoisotopic (exact) mass is 311 g/mol. The molecule has 0 aliphatic carbocycles. The van der Waals surface area contributed by atoms with E-state index < -0.39 is 0 Å². The molecule has 0 unspecified atom stereocenters. The summed E-state index contributed by atoms with van der Waals surface area (Å²) in [7, 11) is 6.07. The van der Waals surface area contributed by atoms with Gasteiger partial charge < -0.3 is 9.64 Å². The molecule has 1 aromatic carbocycles. The van der Waals surface area contributed by atoms with E-state index in [0.29, 0.717) is 12.0 Å². The van der Waals surface area contributed by atoms with Crippen molar-refractivity contribution in [2.24, 2.45) is 0 Å². The van der Waals surface area contributed by atoms with Crippen LogP contribution < -0.4 is 4.74 Å². The SMILES string of the molecule is COc1ccc([C@@H]2CN(Cc3ccncc3)C[C@H]2N(C)C)cc1. The maximum Gasteiger partial charge on any atom is 0.118 e. The van der Waals surface area contributed by atoms with Gasteiger partial charge in [0.1, 0.15) is 5.75 Å². The molecule has 0 spiro atoms. The first-order valence-electron chi connectivity index (χ1n) is 8.09. The molecule has 2 aromatic rings. The van der Waals surface area contributed by atoms with E-state index in [1.54, 1.807) is 7.11 Å². The van der Waals surface area contributed by atoms with Crippen molar-refractivity contribution in [1.29, 1.82) is 0 Å². The molecule has 122 valence electrons. The molecular formula is C19H25N3O. The summed E-state index contributed by atoms with van der Waals surface area (Å²) in [6.07, 6.45) is 3.74. The Morgan fingerprint density at radius 1 is 1.09 bits per heavy atom. The fraction of sp³-hybridized carbons (Fsp3) is 0.421. The zero-order chi connectivity index (χ0) is 16.2. The molecule has 4 heteroatoms. The Bertz CT molecular complexity index is 612. The molecule has 1 aliphatic heterocycles. The lowest BCUT2D eigenvalue weighted by Crippen LogP contribution is -2.34. The number of benzene rings is 1. The van der Waals surface area contributed by atoms with Crippen LogP contribution in [0.5, 0.6) is 5.75 Å². The van der Waals surface area contributed by atoms with E-state index in [0.717, 1.165) is 25.4 Å². The predicted octanol–water partition coefficient (Wildman–Crippen LogP) is 2.62. The van der Waals surface area contributed by atoms with E-state index >= 15 is 0 Å². The second-order valence-electron chi connectivity index (χ2n) is 6.46. The van der Waals surface area contributed by atoms with Gasteiger partial charge in [-0.05, 0) is 49.5 Å². The summed E-state index contributed by atoms with van der Waals surface area (Å²) in [5.41, 5.74) is 2.72. The fourth-order valence-electron chi connectivity index (χ4n) is 3.44. The molecule has 0 amide bonds. The second-order valence-corrected chi connectivity index (χ2v) is 6.46. The Balaban J connectivity index is 1.75. The molecule has 4 nitrogen and oxygen atoms in total. The van der Waals surface area contributed by atoms with Crippen LogP contribution in [0.1, 0.15) is 17.0 Å². The minimum Gasteiger partial charge on any atom is -0.497 e. The maximum atomic E-state index is 5.28. The number of rotatable bonds is 5. The van der Waals surface area contributed by atoms with Crippen molar-refractivity contribution >= 4 is 0 Å². The van der Waals surface area contributed by atoms with Crippen LogP contribution in [-0.2, 0) is 6.54 Å². The van der Waals surface area contributed by atoms with Crippen molar-refractivity contribution in [2.45, 2.75) is 18.5 Å². The topological polar surface area (TPSA) is 28.6 Å². The first-order valence-corrected chi connectivity index (χ1v) is 8.09. The molecule has 1 fully saturated rings. The predicted molar refractivity (Wildman–Crippen MR) is 92.7 cm³/mol. The highest BCUT2D eigenvalue weighted by atomic mass is 16.5. The Morgan fingerprint density at radius 3 is 2.39 bits per heavy atom. The van der Waals surface area contributed by atoms with Crippen molar-refractivity contribution in [3.63, 3.8) is 0 Å². The van der Waals surface area contributed by atoms with Gasteiger partial charge in [0.25, 0.3) is 0 Å². The highest BCUT2D eigenvalue weighted by molar-refractivity contribution is 5.31. The summed E-state index contributed by atoms with van der Waals surface area (Å²) in [6, 6.07) is 13.3. The maximum absolute atomic E-state index is 5.28. The van der Waals surface area contributed by atoms with Crippen molar-refractivity contribution in [1.82, 2.24) is 14.8 Å². The Labute approximate surface area is 138 Å². The zero-order valence-corrected chi connectivity index (χ0v) is 14.1. The summed E-state index contributed by atoms with van der Waals surface area (Å²) in [4.78, 5) is 8.99. The molecule has 2 heterocycles. The molecule has 2 atom stereocenters. The minimum atomic E-state index is 0.526. The molecule has 1 saturated heterocycles. The number of pyridine rings is 1. The lowest BCUT2D eigenvalue weighted by molar-refractivity contribution is 0.259. The number of ether oxygens (including phenoxy) is 1. The molecule has 0 saturated carbocycles. The highest BCUT2D eigenvalue weighted by Crippen LogP contribution is 2.32. The number of hydrogen-bond acceptors (Lipinski definition) is 4. The van der Waals surface area contributed by atoms with Crippen molar-refractivity contribution < 1.29 is 4.74 Å². The molecule has 3 rings (SSSR count). The van der Waals surface area contributed by atoms with Gasteiger partial charge in [-0.1, -0.05) is 12.1 Å². The van der Waals surface area contributed by atoms with Gasteiger partial charge in [-0.3, -0.25) is 9.88 Å². The summed E-state index contributed by atoms with van der Waals surface area (Å²) in [5.74, 6) is 1.44. The average molecular weight is 311 g/mol. The highest BCUT2D eigenvalue weighted by Gasteiger charge is 2.34. The second kappa shape index (κ2) is 7.11. The molecule has 0 N–H and O–H groups in total. The lowest BCUT2D eigenvalue weighted by Gasteiger charge is -2.25. The smallest absolute Gasteiger partial charge is 0.118 e. The number of hydrogen-bond donors (Lipinski definition) is 0. The Kier molecular flexibility index (Phi) is 4.94. The standard InChI is InChI=1S/C19H25N3O/c1-21(2)19-14-22(12-15-8-10-20-11-9-15)13-18(19)16-4-6-17(23-3)7-5-16/h4-11,18-19H,12-14H2,1-3H3/t18-,19+/m0/s1. The summed E-state index contributed by atoms with van der Waals surface area (Å²) in [5, 5.41) is 0. The van der Waals surface area contributed by atoms with Gasteiger partial charge in [-0.2, -0.15) is 0 Å². The molecule has 1 aliphatic rings. The van der Waals surface area contributed by atoms with Crippen molar-refractivity contribution in [3.05, 3.63) is 59.9 Å². The van der Waals surface area contributed by atoms with E-state index in [9.17, 15) is 0 Å². The third-order valence-corrected chi connectivity index (χ3v) is 4.73. The van der Waals surface area contributed by atoms with E-state index in [1.807, 2.05) is 12.4 Å². The number of aromatic nitrogens is 1. The Hall–Kier alpha value is -1.91. The van der Waals surface area contributed by atoms with Gasteiger partial charge in [0.05, 0.1) is 7.11 Å². The quantitative estimate of drug-likeness (QED) is 0.849. The Morgan fingerprint density at radius 2 is 1.78 bits per heavy atom. The summed E-state index contributed by atoms with van der Waals surface area (Å²) in [6.45, 7) is 3.16. The van der Waals surface area contributed by atoms with Crippen LogP contribution in [0, 0.1) is 0 Å². The van der Waals surface area contributed by atoms with Crippen LogP contribution in [0.2, 0.25) is 0 Å². The van der Waals surface area contributed by atoms with E-state index in [1.165, 1.54) is 11.1 Å². The molecule has 0 radical (unpaired) electrons. The van der Waals surface area contributed by atoms with E-state index in [-0.39, 0.29) is 0 Å². The van der Waals surface area contributed by atoms with Crippen LogP contribution in [0.25, 0.3) is 0 Å². The number of likely N-dealkylation sites (tertiary alicyclic amines) is 1. The number of likely N-dealkylation sites (N-methyl/N-ethyl adjacent to an activating group) is 1. The van der Waals surface area contributed by atoms with E-state index in [4.69, 9.17) is 4.74 Å². The molecule has 0 bridgehead atoms. The third-order valence-electron chi connectivity index (χ3n) is 4.73. The van der Waals surface area contributed by atoms with Crippen LogP contribution in [0.3, 0.4) is 0 Å². The first-order chi connectivity index (χ1) is 11.2. The van der Waals surface area contributed by atoms with Crippen LogP contribution in [0.4, 0.5) is 0 Å². The zero-order valence-electron chi connectivity index (χ0n) is 14.1. The van der Waals surface area contributed by atoms with Gasteiger partial charge >= 0.3 is 0 Å². The van der Waals surface area contributed by atoms with E-state index in [2.05, 4.69) is 65.3 Å². The van der Waals surface area contributed by atoms with Crippen LogP contribution in [0.15, 0.2) is 48.8 Å². The fourth-order valence-corrected chi connectivity index (χ4v) is 3.44. The summed E-state index contributed by atoms with van der Waals surface area (Å²) >= 11 is 0. The van der Waals surface area contributed by atoms with Gasteiger partial charge in [-0.25, -0.2) is 0 Å². The van der Waals surface area contributed by atoms with Gasteiger partial charge in [0.2, 0.25) is 0 Å². The average Bonchev–Trinajstić information content (AvgIpc) is 3.00. The lowest BCUT2D eigenvalue weighted by atomic mass is 9.93. The normalized spacial score (nSPS) is 21.7. The minimum absolute atomic E-state index is 0.526. The number of methoxy groups -OCH3 is 1. The van der Waals surface area contributed by atoms with Gasteiger partial charge in [-0.15, -0.1) is 0 Å². The molecule has 1 aromatic heterocycles. The first kappa shape index (κ1) is 16.0. The van der Waals surface area contributed by atoms with Crippen molar-refractivity contribution in [3.8, 4) is 5.75 Å². The molecular weight excluding hydrogens is 286 g/mol. The largest absolute Gasteiger partial charge is 0.497 e. The number of nitrogens with zero attached hydrogens (tertiary/aromatic N) is 3. The van der Waals surface area contributed by atoms with Crippen LogP contribution in [-0.4, -0.2) is 55.1 Å². The van der Waals surface area contributed by atoms with Crippen LogP contribution >= 0.6 is 0 Å². The van der Waals surface area contributed by atoms with Crippen molar-refractivity contribution in [2.75, 3.05) is 34.3 Å². The summed E-state index contributed by atoms with van der Waals surface area (Å²) < 4.78 is 5.28.